The number of anilines is 2. The molecule has 3 aromatic carbocycles. The van der Waals surface area contributed by atoms with Crippen LogP contribution in [0, 0.1) is 6.92 Å². The van der Waals surface area contributed by atoms with Crippen molar-refractivity contribution < 1.29 is 9.59 Å². The Bertz CT molecular complexity index is 1400. The molecule has 0 atom stereocenters. The van der Waals surface area contributed by atoms with Gasteiger partial charge >= 0.3 is 5.91 Å². The summed E-state index contributed by atoms with van der Waals surface area (Å²) in [4.78, 5) is 33.3. The summed E-state index contributed by atoms with van der Waals surface area (Å²) in [5.41, 5.74) is 2.97. The van der Waals surface area contributed by atoms with Gasteiger partial charge in [0.25, 0.3) is 5.91 Å². The molecule has 10 heteroatoms. The molecule has 190 valence electrons. The van der Waals surface area contributed by atoms with E-state index in [1.807, 2.05) is 25.1 Å². The van der Waals surface area contributed by atoms with Gasteiger partial charge < -0.3 is 10.2 Å². The number of carbonyl (C=O) groups excluding carboxylic acids is 2. The molecule has 4 rings (SSSR count). The van der Waals surface area contributed by atoms with Crippen LogP contribution in [0.15, 0.2) is 70.8 Å². The number of amides is 2. The van der Waals surface area contributed by atoms with Gasteiger partial charge in [0, 0.05) is 29.4 Å². The molecule has 1 aliphatic rings. The van der Waals surface area contributed by atoms with E-state index in [2.05, 4.69) is 34.2 Å². The van der Waals surface area contributed by atoms with Gasteiger partial charge in [-0.05, 0) is 68.8 Å². The highest BCUT2D eigenvalue weighted by Gasteiger charge is 2.36. The molecule has 37 heavy (non-hydrogen) atoms. The summed E-state index contributed by atoms with van der Waals surface area (Å²) in [5, 5.41) is 8.66. The van der Waals surface area contributed by atoms with E-state index >= 15 is 0 Å². The number of carbonyl (C=O) groups is 2. The van der Waals surface area contributed by atoms with Gasteiger partial charge in [0.05, 0.1) is 15.7 Å². The second-order valence-corrected chi connectivity index (χ2v) is 9.46. The summed E-state index contributed by atoms with van der Waals surface area (Å²) in [6, 6.07) is 17.3. The Hall–Kier alpha value is -3.39. The smallest absolute Gasteiger partial charge is 0.301 e. The van der Waals surface area contributed by atoms with E-state index in [1.165, 1.54) is 12.1 Å². The lowest BCUT2D eigenvalue weighted by molar-refractivity contribution is -0.112. The molecule has 0 aromatic heterocycles. The molecule has 7 nitrogen and oxygen atoms in total. The van der Waals surface area contributed by atoms with Gasteiger partial charge in [0.2, 0.25) is 0 Å². The zero-order chi connectivity index (χ0) is 26.7. The predicted molar refractivity (Wildman–Crippen MR) is 152 cm³/mol. The number of halogens is 3. The minimum atomic E-state index is -0.596. The molecular formula is C27H24Cl3N5O2. The lowest BCUT2D eigenvalue weighted by atomic mass is 10.1. The highest BCUT2D eigenvalue weighted by Crippen LogP contribution is 2.38. The summed E-state index contributed by atoms with van der Waals surface area (Å²) in [6.45, 7) is 7.81. The second-order valence-electron chi connectivity index (χ2n) is 8.21. The third-order valence-corrected chi connectivity index (χ3v) is 6.62. The van der Waals surface area contributed by atoms with Crippen LogP contribution in [0.2, 0.25) is 15.1 Å². The number of nitrogens with one attached hydrogen (secondary N) is 1. The average molecular weight is 557 g/mol. The van der Waals surface area contributed by atoms with Crippen LogP contribution in [0.4, 0.5) is 17.1 Å². The largest absolute Gasteiger partial charge is 0.372 e. The number of hydrogen-bond donors (Lipinski definition) is 1. The van der Waals surface area contributed by atoms with Crippen LogP contribution in [0.1, 0.15) is 29.8 Å². The van der Waals surface area contributed by atoms with Gasteiger partial charge in [0.15, 0.2) is 11.5 Å². The molecule has 0 saturated heterocycles. The first kappa shape index (κ1) is 26.7. The van der Waals surface area contributed by atoms with E-state index < -0.39 is 11.8 Å². The van der Waals surface area contributed by atoms with Crippen molar-refractivity contribution >= 4 is 75.2 Å². The number of aliphatic imine (C=N–C) groups is 1. The van der Waals surface area contributed by atoms with Crippen molar-refractivity contribution in [3.05, 3.63) is 86.9 Å². The van der Waals surface area contributed by atoms with Gasteiger partial charge in [0.1, 0.15) is 5.69 Å². The SMILES string of the molecule is CCN(CC)c1ccc(N=C2C(=O)N(c3c(Cl)cc(Cl)cc3Cl)N=C2NC(=O)c2ccccc2)c(C)c1. The van der Waals surface area contributed by atoms with E-state index in [0.29, 0.717) is 16.3 Å². The highest BCUT2D eigenvalue weighted by molar-refractivity contribution is 6.72. The quantitative estimate of drug-likeness (QED) is 0.369. The summed E-state index contributed by atoms with van der Waals surface area (Å²) < 4.78 is 0. The number of rotatable bonds is 6. The molecule has 1 aliphatic heterocycles. The lowest BCUT2D eigenvalue weighted by Crippen LogP contribution is -2.37. The van der Waals surface area contributed by atoms with Crippen LogP contribution in [-0.4, -0.2) is 36.5 Å². The van der Waals surface area contributed by atoms with Gasteiger partial charge in [-0.25, -0.2) is 4.99 Å². The Morgan fingerprint density at radius 2 is 1.65 bits per heavy atom. The number of hydrogen-bond acceptors (Lipinski definition) is 5. The first-order valence-electron chi connectivity index (χ1n) is 11.6. The molecule has 0 radical (unpaired) electrons. The summed E-state index contributed by atoms with van der Waals surface area (Å²) in [5.74, 6) is -1.06. The fraction of sp³-hybridized carbons (Fsp3) is 0.185. The third-order valence-electron chi connectivity index (χ3n) is 5.82. The van der Waals surface area contributed by atoms with Gasteiger partial charge in [-0.2, -0.15) is 5.01 Å². The van der Waals surface area contributed by atoms with Crippen LogP contribution < -0.4 is 15.2 Å². The summed E-state index contributed by atoms with van der Waals surface area (Å²) in [6.07, 6.45) is 0. The van der Waals surface area contributed by atoms with Crippen LogP contribution in [-0.2, 0) is 4.79 Å². The minimum absolute atomic E-state index is 0.0202. The Labute approximate surface area is 230 Å². The van der Waals surface area contributed by atoms with Crippen LogP contribution in [0.3, 0.4) is 0 Å². The van der Waals surface area contributed by atoms with Crippen molar-refractivity contribution in [1.29, 1.82) is 0 Å². The molecule has 1 N–H and O–H groups in total. The van der Waals surface area contributed by atoms with E-state index in [0.717, 1.165) is 29.3 Å². The number of nitrogens with zero attached hydrogens (tertiary/aromatic N) is 4. The predicted octanol–water partition coefficient (Wildman–Crippen LogP) is 6.66. The van der Waals surface area contributed by atoms with Gasteiger partial charge in [-0.3, -0.25) is 9.59 Å². The molecule has 0 unspecified atom stereocenters. The normalized spacial score (nSPS) is 14.2. The molecule has 0 aliphatic carbocycles. The monoisotopic (exact) mass is 555 g/mol. The van der Waals surface area contributed by atoms with Crippen LogP contribution in [0.5, 0.6) is 0 Å². The number of benzene rings is 3. The summed E-state index contributed by atoms with van der Waals surface area (Å²) >= 11 is 18.8. The van der Waals surface area contributed by atoms with Crippen molar-refractivity contribution in [3.63, 3.8) is 0 Å². The minimum Gasteiger partial charge on any atom is -0.372 e. The van der Waals surface area contributed by atoms with Crippen molar-refractivity contribution in [2.75, 3.05) is 23.0 Å². The number of hydrazone groups is 1. The molecular weight excluding hydrogens is 533 g/mol. The Morgan fingerprint density at radius 3 is 2.24 bits per heavy atom. The Kier molecular flexibility index (Phi) is 8.17. The third kappa shape index (κ3) is 5.64. The standard InChI is InChI=1S/C27H24Cl3N5O2/c1-4-34(5-2)19-11-12-22(16(3)13-19)31-23-25(32-26(36)17-9-7-6-8-10-17)33-35(27(23)37)24-20(29)14-18(28)15-21(24)30/h6-15H,4-5H2,1-3H3,(H,32,33,36). The van der Waals surface area contributed by atoms with Crippen LogP contribution >= 0.6 is 34.8 Å². The highest BCUT2D eigenvalue weighted by atomic mass is 35.5. The van der Waals surface area contributed by atoms with Crippen molar-refractivity contribution in [2.24, 2.45) is 10.1 Å². The second kappa shape index (κ2) is 11.3. The first-order valence-corrected chi connectivity index (χ1v) is 12.8. The Morgan fingerprint density at radius 1 is 1.00 bits per heavy atom. The topological polar surface area (TPSA) is 77.4 Å². The molecule has 0 fully saturated rings. The van der Waals surface area contributed by atoms with E-state index in [4.69, 9.17) is 34.8 Å². The van der Waals surface area contributed by atoms with E-state index in [-0.39, 0.29) is 27.3 Å². The molecule has 0 saturated carbocycles. The van der Waals surface area contributed by atoms with Crippen molar-refractivity contribution in [1.82, 2.24) is 5.32 Å². The summed E-state index contributed by atoms with van der Waals surface area (Å²) in [7, 11) is 0. The molecule has 1 heterocycles. The van der Waals surface area contributed by atoms with E-state index in [1.54, 1.807) is 30.3 Å². The fourth-order valence-electron chi connectivity index (χ4n) is 3.91. The maximum Gasteiger partial charge on any atom is 0.301 e. The molecule has 0 spiro atoms. The maximum atomic E-state index is 13.6. The van der Waals surface area contributed by atoms with Gasteiger partial charge in [-0.1, -0.05) is 53.0 Å². The molecule has 2 amide bonds. The Balaban J connectivity index is 1.78. The lowest BCUT2D eigenvalue weighted by Gasteiger charge is -2.21. The first-order chi connectivity index (χ1) is 17.7. The fourth-order valence-corrected chi connectivity index (χ4v) is 4.89. The number of aryl methyl sites for hydroxylation is 1. The number of amidine groups is 1. The molecule has 3 aromatic rings. The average Bonchev–Trinajstić information content (AvgIpc) is 3.15. The van der Waals surface area contributed by atoms with Gasteiger partial charge in [-0.15, -0.1) is 5.10 Å². The zero-order valence-electron chi connectivity index (χ0n) is 20.4. The zero-order valence-corrected chi connectivity index (χ0v) is 22.7. The van der Waals surface area contributed by atoms with Crippen LogP contribution in [0.25, 0.3) is 0 Å². The molecule has 0 bridgehead atoms. The maximum absolute atomic E-state index is 13.6. The van der Waals surface area contributed by atoms with Crippen molar-refractivity contribution in [2.45, 2.75) is 20.8 Å². The van der Waals surface area contributed by atoms with E-state index in [9.17, 15) is 9.59 Å². The van der Waals surface area contributed by atoms with Crippen molar-refractivity contribution in [3.8, 4) is 0 Å².